The van der Waals surface area contributed by atoms with E-state index in [1.54, 1.807) is 13.0 Å². The molecule has 0 fully saturated rings. The molecule has 3 N–H and O–H groups in total. The zero-order valence-corrected chi connectivity index (χ0v) is 10.8. The van der Waals surface area contributed by atoms with E-state index in [9.17, 15) is 19.7 Å². The molecule has 1 rings (SSSR count). The van der Waals surface area contributed by atoms with Crippen LogP contribution in [0.25, 0.3) is 0 Å². The van der Waals surface area contributed by atoms with Crippen molar-refractivity contribution < 1.29 is 19.6 Å². The number of carboxylic acid groups (broad SMARTS) is 1. The van der Waals surface area contributed by atoms with E-state index in [1.165, 1.54) is 18.2 Å². The Bertz CT molecular complexity index is 518. The first-order valence-electron chi connectivity index (χ1n) is 5.90. The Hall–Kier alpha value is -2.64. The number of carbonyl (C=O) groups excluding carboxylic acids is 1. The number of nitrogens with zero attached hydrogens (tertiary/aromatic N) is 1. The molecular weight excluding hydrogens is 266 g/mol. The molecule has 0 aromatic heterocycles. The fourth-order valence-corrected chi connectivity index (χ4v) is 1.52. The smallest absolute Gasteiger partial charge is 0.315 e. The van der Waals surface area contributed by atoms with Crippen LogP contribution < -0.4 is 10.6 Å². The molecule has 1 atom stereocenters. The maximum Gasteiger partial charge on any atom is 0.315 e. The van der Waals surface area contributed by atoms with Crippen molar-refractivity contribution in [2.24, 2.45) is 0 Å². The van der Waals surface area contributed by atoms with Gasteiger partial charge >= 0.3 is 12.0 Å². The number of aliphatic carboxylic acids is 1. The minimum atomic E-state index is -1.00. The molecule has 8 nitrogen and oxygen atoms in total. The van der Waals surface area contributed by atoms with Crippen LogP contribution in [0.1, 0.15) is 24.9 Å². The molecule has 0 heterocycles. The number of carbonyl (C=O) groups is 2. The standard InChI is InChI=1S/C12H15N3O5/c1-8(14-12(18)13-6-5-11(16)17)9-3-2-4-10(7-9)15(19)20/h2-4,7-8H,5-6H2,1H3,(H,16,17)(H2,13,14,18). The van der Waals surface area contributed by atoms with Crippen LogP contribution in [0.15, 0.2) is 24.3 Å². The highest BCUT2D eigenvalue weighted by Crippen LogP contribution is 2.18. The second-order valence-corrected chi connectivity index (χ2v) is 4.12. The van der Waals surface area contributed by atoms with E-state index in [0.717, 1.165) is 0 Å². The lowest BCUT2D eigenvalue weighted by Crippen LogP contribution is -2.38. The van der Waals surface area contributed by atoms with E-state index < -0.39 is 23.0 Å². The molecule has 0 radical (unpaired) electrons. The molecule has 0 bridgehead atoms. The Kier molecular flexibility index (Phi) is 5.45. The molecule has 0 saturated carbocycles. The van der Waals surface area contributed by atoms with Gasteiger partial charge in [0.2, 0.25) is 0 Å². The largest absolute Gasteiger partial charge is 0.481 e. The van der Waals surface area contributed by atoms with E-state index >= 15 is 0 Å². The number of urea groups is 1. The van der Waals surface area contributed by atoms with Gasteiger partial charge in [0.1, 0.15) is 0 Å². The molecule has 0 aliphatic rings. The van der Waals surface area contributed by atoms with Gasteiger partial charge in [-0.25, -0.2) is 4.79 Å². The molecule has 108 valence electrons. The fraction of sp³-hybridized carbons (Fsp3) is 0.333. The Morgan fingerprint density at radius 3 is 2.75 bits per heavy atom. The summed E-state index contributed by atoms with van der Waals surface area (Å²) in [4.78, 5) is 31.9. The summed E-state index contributed by atoms with van der Waals surface area (Å²) in [7, 11) is 0. The van der Waals surface area contributed by atoms with Crippen molar-refractivity contribution in [3.63, 3.8) is 0 Å². The van der Waals surface area contributed by atoms with Gasteiger partial charge in [-0.3, -0.25) is 14.9 Å². The van der Waals surface area contributed by atoms with Crippen LogP contribution in [0.4, 0.5) is 10.5 Å². The molecule has 20 heavy (non-hydrogen) atoms. The van der Waals surface area contributed by atoms with Crippen LogP contribution in [0.2, 0.25) is 0 Å². The number of hydrogen-bond acceptors (Lipinski definition) is 4. The van der Waals surface area contributed by atoms with Gasteiger partial charge in [0.15, 0.2) is 0 Å². The molecule has 8 heteroatoms. The molecule has 0 spiro atoms. The first kappa shape index (κ1) is 15.4. The molecule has 0 aliphatic carbocycles. The van der Waals surface area contributed by atoms with Gasteiger partial charge in [0.25, 0.3) is 5.69 Å². The van der Waals surface area contributed by atoms with Crippen molar-refractivity contribution in [2.75, 3.05) is 6.54 Å². The lowest BCUT2D eigenvalue weighted by Gasteiger charge is -2.14. The van der Waals surface area contributed by atoms with Crippen molar-refractivity contribution in [3.8, 4) is 0 Å². The summed E-state index contributed by atoms with van der Waals surface area (Å²) >= 11 is 0. The summed E-state index contributed by atoms with van der Waals surface area (Å²) in [6.45, 7) is 1.69. The predicted octanol–water partition coefficient (Wildman–Crippen LogP) is 1.43. The average molecular weight is 281 g/mol. The van der Waals surface area contributed by atoms with Crippen LogP contribution in [0, 0.1) is 10.1 Å². The number of nitrogens with one attached hydrogen (secondary N) is 2. The topological polar surface area (TPSA) is 122 Å². The zero-order chi connectivity index (χ0) is 15.1. The number of carboxylic acids is 1. The first-order valence-corrected chi connectivity index (χ1v) is 5.90. The van der Waals surface area contributed by atoms with Crippen LogP contribution in [-0.4, -0.2) is 28.6 Å². The van der Waals surface area contributed by atoms with Gasteiger partial charge in [-0.05, 0) is 12.5 Å². The maximum atomic E-state index is 11.5. The van der Waals surface area contributed by atoms with E-state index in [-0.39, 0.29) is 18.7 Å². The highest BCUT2D eigenvalue weighted by Gasteiger charge is 2.13. The second kappa shape index (κ2) is 7.07. The molecular formula is C12H15N3O5. The SMILES string of the molecule is CC(NC(=O)NCCC(=O)O)c1cccc([N+](=O)[O-])c1. The zero-order valence-electron chi connectivity index (χ0n) is 10.8. The highest BCUT2D eigenvalue weighted by atomic mass is 16.6. The molecule has 1 aromatic rings. The Morgan fingerprint density at radius 1 is 1.45 bits per heavy atom. The van der Waals surface area contributed by atoms with E-state index in [0.29, 0.717) is 5.56 Å². The Balaban J connectivity index is 2.55. The average Bonchev–Trinajstić information content (AvgIpc) is 2.38. The van der Waals surface area contributed by atoms with Gasteiger partial charge in [0, 0.05) is 18.7 Å². The van der Waals surface area contributed by atoms with Gasteiger partial charge in [-0.15, -0.1) is 0 Å². The first-order chi connectivity index (χ1) is 9.40. The summed E-state index contributed by atoms with van der Waals surface area (Å²) in [5.41, 5.74) is 0.537. The highest BCUT2D eigenvalue weighted by molar-refractivity contribution is 5.75. The predicted molar refractivity (Wildman–Crippen MR) is 70.3 cm³/mol. The molecule has 1 aromatic carbocycles. The van der Waals surface area contributed by atoms with Crippen LogP contribution in [-0.2, 0) is 4.79 Å². The number of nitro groups is 1. The van der Waals surface area contributed by atoms with Crippen molar-refractivity contribution >= 4 is 17.7 Å². The van der Waals surface area contributed by atoms with Crippen molar-refractivity contribution in [1.82, 2.24) is 10.6 Å². The Morgan fingerprint density at radius 2 is 2.15 bits per heavy atom. The number of nitro benzene ring substituents is 1. The summed E-state index contributed by atoms with van der Waals surface area (Å²) in [5.74, 6) is -1.00. The third kappa shape index (κ3) is 4.92. The minimum Gasteiger partial charge on any atom is -0.481 e. The molecule has 1 unspecified atom stereocenters. The number of amides is 2. The maximum absolute atomic E-state index is 11.5. The summed E-state index contributed by atoms with van der Waals surface area (Å²) in [6.07, 6.45) is -0.168. The molecule has 2 amide bonds. The normalized spacial score (nSPS) is 11.4. The number of non-ortho nitro benzene ring substituents is 1. The van der Waals surface area contributed by atoms with Crippen LogP contribution in [0.5, 0.6) is 0 Å². The molecule has 0 saturated heterocycles. The van der Waals surface area contributed by atoms with Crippen LogP contribution >= 0.6 is 0 Å². The lowest BCUT2D eigenvalue weighted by atomic mass is 10.1. The summed E-state index contributed by atoms with van der Waals surface area (Å²) in [5, 5.41) is 24.0. The summed E-state index contributed by atoms with van der Waals surface area (Å²) < 4.78 is 0. The van der Waals surface area contributed by atoms with Gasteiger partial charge in [-0.1, -0.05) is 12.1 Å². The fourth-order valence-electron chi connectivity index (χ4n) is 1.52. The molecule has 0 aliphatic heterocycles. The van der Waals surface area contributed by atoms with Crippen molar-refractivity contribution in [3.05, 3.63) is 39.9 Å². The third-order valence-corrected chi connectivity index (χ3v) is 2.55. The van der Waals surface area contributed by atoms with Gasteiger partial charge in [0.05, 0.1) is 17.4 Å². The van der Waals surface area contributed by atoms with Gasteiger partial charge in [-0.2, -0.15) is 0 Å². The Labute approximate surface area is 114 Å². The number of hydrogen-bond donors (Lipinski definition) is 3. The third-order valence-electron chi connectivity index (χ3n) is 2.55. The lowest BCUT2D eigenvalue weighted by molar-refractivity contribution is -0.384. The van der Waals surface area contributed by atoms with Crippen molar-refractivity contribution in [1.29, 1.82) is 0 Å². The van der Waals surface area contributed by atoms with Gasteiger partial charge < -0.3 is 15.7 Å². The minimum absolute atomic E-state index is 0.0167. The summed E-state index contributed by atoms with van der Waals surface area (Å²) in [6, 6.07) is 4.99. The van der Waals surface area contributed by atoms with E-state index in [1.807, 2.05) is 0 Å². The van der Waals surface area contributed by atoms with E-state index in [2.05, 4.69) is 10.6 Å². The number of benzene rings is 1. The van der Waals surface area contributed by atoms with Crippen LogP contribution in [0.3, 0.4) is 0 Å². The second-order valence-electron chi connectivity index (χ2n) is 4.12. The quantitative estimate of drug-likeness (QED) is 0.538. The van der Waals surface area contributed by atoms with E-state index in [4.69, 9.17) is 5.11 Å². The monoisotopic (exact) mass is 281 g/mol. The van der Waals surface area contributed by atoms with Crippen molar-refractivity contribution in [2.45, 2.75) is 19.4 Å². The number of rotatable bonds is 6.